The van der Waals surface area contributed by atoms with Crippen molar-refractivity contribution in [2.24, 2.45) is 0 Å². The molecule has 1 fully saturated rings. The van der Waals surface area contributed by atoms with Crippen LogP contribution in [0.4, 0.5) is 0 Å². The molecule has 3 atom stereocenters. The summed E-state index contributed by atoms with van der Waals surface area (Å²) in [5.41, 5.74) is 7.53. The molecule has 2 aromatic rings. The molecule has 1 heterocycles. The molecule has 3 unspecified atom stereocenters. The largest absolute Gasteiger partial charge is 0.480 e. The minimum atomic E-state index is -0.582. The molecule has 0 spiro atoms. The number of amides is 1. The van der Waals surface area contributed by atoms with Crippen molar-refractivity contribution in [3.05, 3.63) is 64.6 Å². The van der Waals surface area contributed by atoms with Crippen LogP contribution in [0.5, 0.6) is 5.75 Å². The van der Waals surface area contributed by atoms with Crippen LogP contribution in [0.15, 0.2) is 59.1 Å². The van der Waals surface area contributed by atoms with E-state index in [0.29, 0.717) is 5.75 Å². The summed E-state index contributed by atoms with van der Waals surface area (Å²) in [7, 11) is 0. The standard InChI is InChI=1S/C18H20BrN3O2/c1-12(24-16-10-6-5-9-14(16)19)18(23)20-17-11-15(21-22-17)13-7-3-2-4-8-13/h2-10,12,15,17,21-22H,11H2,1H3,(H,20,23). The highest BCUT2D eigenvalue weighted by atomic mass is 79.9. The fraction of sp³-hybridized carbons (Fsp3) is 0.278. The minimum Gasteiger partial charge on any atom is -0.480 e. The maximum Gasteiger partial charge on any atom is 0.262 e. The molecule has 5 nitrogen and oxygen atoms in total. The molecule has 1 saturated heterocycles. The van der Waals surface area contributed by atoms with Crippen molar-refractivity contribution in [1.82, 2.24) is 16.2 Å². The van der Waals surface area contributed by atoms with E-state index in [1.165, 1.54) is 5.56 Å². The van der Waals surface area contributed by atoms with Crippen LogP contribution in [0.2, 0.25) is 0 Å². The van der Waals surface area contributed by atoms with Gasteiger partial charge in [-0.05, 0) is 40.5 Å². The third-order valence-electron chi connectivity index (χ3n) is 3.93. The summed E-state index contributed by atoms with van der Waals surface area (Å²) >= 11 is 3.42. The highest BCUT2D eigenvalue weighted by molar-refractivity contribution is 9.10. The van der Waals surface area contributed by atoms with Gasteiger partial charge in [0.1, 0.15) is 5.75 Å². The van der Waals surface area contributed by atoms with Crippen molar-refractivity contribution < 1.29 is 9.53 Å². The normalized spacial score (nSPS) is 21.2. The molecular formula is C18H20BrN3O2. The van der Waals surface area contributed by atoms with Crippen molar-refractivity contribution in [3.8, 4) is 5.75 Å². The predicted molar refractivity (Wildman–Crippen MR) is 96.2 cm³/mol. The molecule has 1 aliphatic rings. The molecule has 0 aliphatic carbocycles. The third-order valence-corrected chi connectivity index (χ3v) is 4.59. The highest BCUT2D eigenvalue weighted by Gasteiger charge is 2.27. The average molecular weight is 390 g/mol. The van der Waals surface area contributed by atoms with Gasteiger partial charge >= 0.3 is 0 Å². The summed E-state index contributed by atoms with van der Waals surface area (Å²) in [5, 5.41) is 2.97. The summed E-state index contributed by atoms with van der Waals surface area (Å²) in [6.07, 6.45) is 0.0616. The van der Waals surface area contributed by atoms with E-state index in [-0.39, 0.29) is 18.1 Å². The van der Waals surface area contributed by atoms with Gasteiger partial charge in [0.05, 0.1) is 10.6 Å². The monoisotopic (exact) mass is 389 g/mol. The number of hydrazine groups is 1. The zero-order valence-corrected chi connectivity index (χ0v) is 14.9. The first-order chi connectivity index (χ1) is 11.6. The number of hydrogen-bond acceptors (Lipinski definition) is 4. The molecule has 0 bridgehead atoms. The summed E-state index contributed by atoms with van der Waals surface area (Å²) in [6, 6.07) is 17.8. The predicted octanol–water partition coefficient (Wildman–Crippen LogP) is 2.90. The first-order valence-electron chi connectivity index (χ1n) is 7.91. The van der Waals surface area contributed by atoms with Crippen LogP contribution in [0.25, 0.3) is 0 Å². The zero-order chi connectivity index (χ0) is 16.9. The second kappa shape index (κ2) is 7.79. The molecule has 6 heteroatoms. The Morgan fingerprint density at radius 2 is 1.88 bits per heavy atom. The van der Waals surface area contributed by atoms with E-state index in [4.69, 9.17) is 4.74 Å². The Labute approximate surface area is 149 Å². The summed E-state index contributed by atoms with van der Waals surface area (Å²) in [4.78, 5) is 12.3. The van der Waals surface area contributed by atoms with E-state index in [0.717, 1.165) is 10.9 Å². The number of ether oxygens (including phenoxy) is 1. The lowest BCUT2D eigenvalue weighted by Crippen LogP contribution is -2.48. The summed E-state index contributed by atoms with van der Waals surface area (Å²) in [5.74, 6) is 0.499. The molecule has 126 valence electrons. The highest BCUT2D eigenvalue weighted by Crippen LogP contribution is 2.25. The van der Waals surface area contributed by atoms with E-state index in [2.05, 4.69) is 44.2 Å². The van der Waals surface area contributed by atoms with Crippen LogP contribution in [0.1, 0.15) is 24.9 Å². The van der Waals surface area contributed by atoms with E-state index in [1.807, 2.05) is 42.5 Å². The first-order valence-corrected chi connectivity index (χ1v) is 8.70. The van der Waals surface area contributed by atoms with Gasteiger partial charge in [0, 0.05) is 12.5 Å². The van der Waals surface area contributed by atoms with Gasteiger partial charge in [-0.3, -0.25) is 4.79 Å². The van der Waals surface area contributed by atoms with Crippen LogP contribution in [-0.4, -0.2) is 18.2 Å². The van der Waals surface area contributed by atoms with E-state index >= 15 is 0 Å². The van der Waals surface area contributed by atoms with Gasteiger partial charge in [-0.25, -0.2) is 10.9 Å². The summed E-state index contributed by atoms with van der Waals surface area (Å²) in [6.45, 7) is 1.74. The number of benzene rings is 2. The van der Waals surface area contributed by atoms with Crippen molar-refractivity contribution in [2.75, 3.05) is 0 Å². The van der Waals surface area contributed by atoms with Crippen molar-refractivity contribution in [1.29, 1.82) is 0 Å². The van der Waals surface area contributed by atoms with Gasteiger partial charge in [0.15, 0.2) is 6.10 Å². The molecule has 3 N–H and O–H groups in total. The Morgan fingerprint density at radius 1 is 1.17 bits per heavy atom. The maximum atomic E-state index is 12.3. The van der Waals surface area contributed by atoms with Gasteiger partial charge in [-0.15, -0.1) is 0 Å². The second-order valence-corrected chi connectivity index (χ2v) is 6.59. The third kappa shape index (κ3) is 4.14. The number of para-hydroxylation sites is 1. The number of carbonyl (C=O) groups excluding carboxylic acids is 1. The second-order valence-electron chi connectivity index (χ2n) is 5.74. The Balaban J connectivity index is 1.53. The van der Waals surface area contributed by atoms with Crippen LogP contribution >= 0.6 is 15.9 Å². The van der Waals surface area contributed by atoms with Crippen molar-refractivity contribution >= 4 is 21.8 Å². The molecule has 0 radical (unpaired) electrons. The van der Waals surface area contributed by atoms with E-state index in [1.54, 1.807) is 6.92 Å². The smallest absolute Gasteiger partial charge is 0.262 e. The lowest BCUT2D eigenvalue weighted by atomic mass is 10.0. The van der Waals surface area contributed by atoms with Gasteiger partial charge in [-0.1, -0.05) is 42.5 Å². The van der Waals surface area contributed by atoms with Crippen LogP contribution in [0, 0.1) is 0 Å². The lowest BCUT2D eigenvalue weighted by Gasteiger charge is -2.18. The van der Waals surface area contributed by atoms with Crippen LogP contribution in [-0.2, 0) is 4.79 Å². The molecule has 1 aliphatic heterocycles. The number of nitrogens with one attached hydrogen (secondary N) is 3. The first kappa shape index (κ1) is 17.0. The van der Waals surface area contributed by atoms with Crippen LogP contribution < -0.4 is 20.9 Å². The van der Waals surface area contributed by atoms with E-state index in [9.17, 15) is 4.79 Å². The van der Waals surface area contributed by atoms with Crippen molar-refractivity contribution in [3.63, 3.8) is 0 Å². The molecule has 2 aromatic carbocycles. The maximum absolute atomic E-state index is 12.3. The van der Waals surface area contributed by atoms with Gasteiger partial charge in [0.25, 0.3) is 5.91 Å². The average Bonchev–Trinajstić information content (AvgIpc) is 3.06. The molecule has 1 amide bonds. The molecule has 3 rings (SSSR count). The molecular weight excluding hydrogens is 370 g/mol. The fourth-order valence-electron chi connectivity index (χ4n) is 2.63. The fourth-order valence-corrected chi connectivity index (χ4v) is 3.01. The minimum absolute atomic E-state index is 0.132. The number of carbonyl (C=O) groups is 1. The van der Waals surface area contributed by atoms with Gasteiger partial charge in [-0.2, -0.15) is 0 Å². The number of halogens is 1. The van der Waals surface area contributed by atoms with Crippen molar-refractivity contribution in [2.45, 2.75) is 31.7 Å². The Morgan fingerprint density at radius 3 is 2.62 bits per heavy atom. The Kier molecular flexibility index (Phi) is 5.50. The zero-order valence-electron chi connectivity index (χ0n) is 13.3. The quantitative estimate of drug-likeness (QED) is 0.735. The molecule has 0 saturated carbocycles. The van der Waals surface area contributed by atoms with E-state index < -0.39 is 6.10 Å². The molecule has 24 heavy (non-hydrogen) atoms. The Bertz CT molecular complexity index is 696. The number of hydrogen-bond donors (Lipinski definition) is 3. The summed E-state index contributed by atoms with van der Waals surface area (Å²) < 4.78 is 6.55. The van der Waals surface area contributed by atoms with Gasteiger partial charge < -0.3 is 10.1 Å². The van der Waals surface area contributed by atoms with Crippen LogP contribution in [0.3, 0.4) is 0 Å². The van der Waals surface area contributed by atoms with Gasteiger partial charge in [0.2, 0.25) is 0 Å². The SMILES string of the molecule is CC(Oc1ccccc1Br)C(=O)NC1CC(c2ccccc2)NN1. The number of rotatable bonds is 5. The Hall–Kier alpha value is -1.89. The topological polar surface area (TPSA) is 62.4 Å². The lowest BCUT2D eigenvalue weighted by molar-refractivity contribution is -0.128. The molecule has 0 aromatic heterocycles.